The Labute approximate surface area is 114 Å². The summed E-state index contributed by atoms with van der Waals surface area (Å²) < 4.78 is 42.6. The number of pyridine rings is 1. The smallest absolute Gasteiger partial charge is 0.416 e. The minimum Gasteiger partial charge on any atom is -0.489 e. The topological polar surface area (TPSA) is 48.1 Å². The number of benzene rings is 1. The van der Waals surface area contributed by atoms with Gasteiger partial charge in [0.15, 0.2) is 0 Å². The monoisotopic (exact) mass is 282 g/mol. The van der Waals surface area contributed by atoms with Crippen LogP contribution in [-0.4, -0.2) is 4.98 Å². The van der Waals surface area contributed by atoms with Crippen molar-refractivity contribution in [1.29, 1.82) is 0 Å². The van der Waals surface area contributed by atoms with Crippen molar-refractivity contribution in [3.63, 3.8) is 0 Å². The van der Waals surface area contributed by atoms with Crippen molar-refractivity contribution in [2.75, 3.05) is 0 Å². The summed E-state index contributed by atoms with van der Waals surface area (Å²) in [4.78, 5) is 4.05. The van der Waals surface area contributed by atoms with E-state index in [0.717, 1.165) is 23.4 Å². The third-order valence-corrected chi connectivity index (χ3v) is 2.68. The van der Waals surface area contributed by atoms with Crippen LogP contribution in [0.2, 0.25) is 0 Å². The molecule has 3 nitrogen and oxygen atoms in total. The molecule has 2 N–H and O–H groups in total. The summed E-state index contributed by atoms with van der Waals surface area (Å²) >= 11 is 0. The van der Waals surface area contributed by atoms with Crippen LogP contribution in [0.1, 0.15) is 16.8 Å². The minimum absolute atomic E-state index is 0.251. The summed E-state index contributed by atoms with van der Waals surface area (Å²) in [6.45, 7) is 0.578. The summed E-state index contributed by atoms with van der Waals surface area (Å²) in [6.07, 6.45) is -2.71. The summed E-state index contributed by atoms with van der Waals surface area (Å²) in [5, 5.41) is 0. The number of aromatic nitrogens is 1. The quantitative estimate of drug-likeness (QED) is 0.937. The zero-order valence-electron chi connectivity index (χ0n) is 10.5. The Balaban J connectivity index is 2.00. The van der Waals surface area contributed by atoms with Crippen molar-refractivity contribution in [1.82, 2.24) is 4.98 Å². The van der Waals surface area contributed by atoms with Gasteiger partial charge in [0.1, 0.15) is 12.4 Å². The van der Waals surface area contributed by atoms with Gasteiger partial charge in [0, 0.05) is 12.7 Å². The van der Waals surface area contributed by atoms with Gasteiger partial charge in [-0.2, -0.15) is 13.2 Å². The summed E-state index contributed by atoms with van der Waals surface area (Å²) in [5.74, 6) is 0.379. The van der Waals surface area contributed by atoms with Crippen LogP contribution in [0.4, 0.5) is 13.2 Å². The molecular formula is C14H13F3N2O. The first-order valence-corrected chi connectivity index (χ1v) is 5.93. The predicted molar refractivity (Wildman–Crippen MR) is 67.9 cm³/mol. The number of alkyl halides is 3. The van der Waals surface area contributed by atoms with Gasteiger partial charge in [0.25, 0.3) is 0 Å². The molecule has 1 heterocycles. The van der Waals surface area contributed by atoms with Gasteiger partial charge >= 0.3 is 6.18 Å². The normalized spacial score (nSPS) is 11.4. The van der Waals surface area contributed by atoms with Crippen molar-refractivity contribution in [3.8, 4) is 5.75 Å². The molecule has 0 saturated carbocycles. The average Bonchev–Trinajstić information content (AvgIpc) is 2.45. The number of nitrogens with two attached hydrogens (primary N) is 1. The second-order valence-corrected chi connectivity index (χ2v) is 4.17. The van der Waals surface area contributed by atoms with E-state index in [0.29, 0.717) is 12.3 Å². The van der Waals surface area contributed by atoms with E-state index in [9.17, 15) is 13.2 Å². The van der Waals surface area contributed by atoms with E-state index in [4.69, 9.17) is 10.5 Å². The lowest BCUT2D eigenvalue weighted by atomic mass is 10.2. The van der Waals surface area contributed by atoms with E-state index in [1.54, 1.807) is 18.3 Å². The van der Waals surface area contributed by atoms with Crippen molar-refractivity contribution < 1.29 is 17.9 Å². The van der Waals surface area contributed by atoms with Crippen LogP contribution in [0.5, 0.6) is 5.75 Å². The highest BCUT2D eigenvalue weighted by atomic mass is 19.4. The lowest BCUT2D eigenvalue weighted by Crippen LogP contribution is -2.05. The van der Waals surface area contributed by atoms with Crippen LogP contribution in [-0.2, 0) is 19.3 Å². The van der Waals surface area contributed by atoms with Gasteiger partial charge in [-0.3, -0.25) is 4.98 Å². The Morgan fingerprint density at radius 1 is 1.10 bits per heavy atom. The molecule has 2 aromatic rings. The van der Waals surface area contributed by atoms with Crippen LogP contribution in [0.3, 0.4) is 0 Å². The van der Waals surface area contributed by atoms with Crippen LogP contribution < -0.4 is 10.5 Å². The van der Waals surface area contributed by atoms with Gasteiger partial charge in [0.05, 0.1) is 11.3 Å². The second-order valence-electron chi connectivity index (χ2n) is 4.17. The molecule has 20 heavy (non-hydrogen) atoms. The fourth-order valence-electron chi connectivity index (χ4n) is 1.64. The zero-order valence-corrected chi connectivity index (χ0v) is 10.5. The molecule has 0 fully saturated rings. The van der Waals surface area contributed by atoms with Crippen molar-refractivity contribution in [2.45, 2.75) is 19.3 Å². The van der Waals surface area contributed by atoms with Gasteiger partial charge < -0.3 is 10.5 Å². The molecule has 1 aromatic heterocycles. The second kappa shape index (κ2) is 5.92. The van der Waals surface area contributed by atoms with Crippen molar-refractivity contribution in [3.05, 3.63) is 59.4 Å². The molecule has 0 radical (unpaired) electrons. The van der Waals surface area contributed by atoms with E-state index < -0.39 is 11.7 Å². The van der Waals surface area contributed by atoms with Crippen molar-refractivity contribution in [2.24, 2.45) is 5.73 Å². The third-order valence-electron chi connectivity index (χ3n) is 2.68. The summed E-state index contributed by atoms with van der Waals surface area (Å²) in [5.41, 5.74) is 6.37. The Kier molecular flexibility index (Phi) is 4.24. The Bertz CT molecular complexity index is 567. The molecule has 0 amide bonds. The largest absolute Gasteiger partial charge is 0.489 e. The minimum atomic E-state index is -4.33. The first-order valence-electron chi connectivity index (χ1n) is 5.93. The highest BCUT2D eigenvalue weighted by Crippen LogP contribution is 2.30. The number of nitrogens with zero attached hydrogens (tertiary/aromatic N) is 1. The molecule has 2 rings (SSSR count). The maximum Gasteiger partial charge on any atom is 0.416 e. The Morgan fingerprint density at radius 2 is 1.80 bits per heavy atom. The summed E-state index contributed by atoms with van der Waals surface area (Å²) in [6, 6.07) is 8.15. The number of rotatable bonds is 4. The average molecular weight is 282 g/mol. The Hall–Kier alpha value is -2.08. The Morgan fingerprint density at radius 3 is 2.40 bits per heavy atom. The molecular weight excluding hydrogens is 269 g/mol. The highest BCUT2D eigenvalue weighted by molar-refractivity contribution is 5.29. The molecule has 0 saturated heterocycles. The lowest BCUT2D eigenvalue weighted by Gasteiger charge is -2.09. The summed E-state index contributed by atoms with van der Waals surface area (Å²) in [7, 11) is 0. The molecule has 6 heteroatoms. The van der Waals surface area contributed by atoms with Gasteiger partial charge in [-0.15, -0.1) is 0 Å². The molecule has 0 spiro atoms. The molecule has 106 valence electrons. The first kappa shape index (κ1) is 14.3. The maximum absolute atomic E-state index is 12.4. The third kappa shape index (κ3) is 3.71. The van der Waals surface area contributed by atoms with Gasteiger partial charge in [-0.05, 0) is 42.0 Å². The molecule has 1 aromatic carbocycles. The van der Waals surface area contributed by atoms with E-state index >= 15 is 0 Å². The number of ether oxygens (including phenoxy) is 1. The van der Waals surface area contributed by atoms with E-state index in [1.165, 1.54) is 12.1 Å². The molecule has 0 aliphatic rings. The fourth-order valence-corrected chi connectivity index (χ4v) is 1.64. The maximum atomic E-state index is 12.4. The van der Waals surface area contributed by atoms with Gasteiger partial charge in [0.2, 0.25) is 0 Å². The van der Waals surface area contributed by atoms with Gasteiger partial charge in [-0.1, -0.05) is 0 Å². The first-order chi connectivity index (χ1) is 9.49. The molecule has 0 aliphatic heterocycles. The van der Waals surface area contributed by atoms with E-state index in [-0.39, 0.29) is 6.61 Å². The highest BCUT2D eigenvalue weighted by Gasteiger charge is 2.29. The number of hydrogen-bond acceptors (Lipinski definition) is 3. The number of hydrogen-bond donors (Lipinski definition) is 1. The standard InChI is InChI=1S/C14H13F3N2O/c15-14(16,17)11-1-3-13(4-2-11)20-9-10-5-6-19-12(7-10)8-18/h1-7H,8-9,18H2. The molecule has 0 atom stereocenters. The SMILES string of the molecule is NCc1cc(COc2ccc(C(F)(F)F)cc2)ccn1. The fraction of sp³-hybridized carbons (Fsp3) is 0.214. The van der Waals surface area contributed by atoms with E-state index in [1.807, 2.05) is 0 Å². The van der Waals surface area contributed by atoms with E-state index in [2.05, 4.69) is 4.98 Å². The zero-order chi connectivity index (χ0) is 14.6. The van der Waals surface area contributed by atoms with Crippen LogP contribution in [0.15, 0.2) is 42.6 Å². The van der Waals surface area contributed by atoms with Crippen LogP contribution in [0, 0.1) is 0 Å². The number of halogens is 3. The molecule has 0 bridgehead atoms. The molecule has 0 unspecified atom stereocenters. The van der Waals surface area contributed by atoms with Crippen LogP contribution in [0.25, 0.3) is 0 Å². The lowest BCUT2D eigenvalue weighted by molar-refractivity contribution is -0.137. The molecule has 0 aliphatic carbocycles. The van der Waals surface area contributed by atoms with Crippen molar-refractivity contribution >= 4 is 0 Å². The predicted octanol–water partition coefficient (Wildman–Crippen LogP) is 3.14. The van der Waals surface area contributed by atoms with Gasteiger partial charge in [-0.25, -0.2) is 0 Å². The van der Waals surface area contributed by atoms with Crippen LogP contribution >= 0.6 is 0 Å².